The van der Waals surface area contributed by atoms with E-state index >= 15 is 0 Å². The summed E-state index contributed by atoms with van der Waals surface area (Å²) in [7, 11) is 0. The number of benzene rings is 1. The Balaban J connectivity index is 1.80. The van der Waals surface area contributed by atoms with Crippen LogP contribution in [0.3, 0.4) is 0 Å². The molecule has 1 aliphatic heterocycles. The van der Waals surface area contributed by atoms with Crippen LogP contribution in [0.4, 0.5) is 4.79 Å². The van der Waals surface area contributed by atoms with Crippen LogP contribution < -0.4 is 15.4 Å². The molecule has 2 N–H and O–H groups in total. The third-order valence-corrected chi connectivity index (χ3v) is 5.84. The Morgan fingerprint density at radius 2 is 1.86 bits per heavy atom. The third-order valence-electron chi connectivity index (χ3n) is 5.84. The Hall–Kier alpha value is -2.50. The van der Waals surface area contributed by atoms with Crippen LogP contribution in [-0.2, 0) is 9.53 Å². The van der Waals surface area contributed by atoms with Crippen LogP contribution in [0.15, 0.2) is 35.5 Å². The molecule has 0 bridgehead atoms. The van der Waals surface area contributed by atoms with Crippen LogP contribution in [0.25, 0.3) is 0 Å². The van der Waals surface area contributed by atoms with Gasteiger partial charge < -0.3 is 20.1 Å². The van der Waals surface area contributed by atoms with E-state index in [1.54, 1.807) is 6.92 Å². The van der Waals surface area contributed by atoms with Crippen LogP contribution in [0.2, 0.25) is 0 Å². The number of hydrogen-bond acceptors (Lipinski definition) is 4. The van der Waals surface area contributed by atoms with Gasteiger partial charge in [0.15, 0.2) is 0 Å². The normalized spacial score (nSPS) is 27.6. The van der Waals surface area contributed by atoms with Gasteiger partial charge in [-0.1, -0.05) is 26.0 Å². The number of carbonyl (C=O) groups is 2. The van der Waals surface area contributed by atoms with Crippen molar-refractivity contribution in [1.29, 1.82) is 0 Å². The molecule has 1 aromatic rings. The molecule has 0 radical (unpaired) electrons. The zero-order chi connectivity index (χ0) is 20.3. The summed E-state index contributed by atoms with van der Waals surface area (Å²) in [6.07, 6.45) is 2.76. The zero-order valence-electron chi connectivity index (χ0n) is 17.1. The summed E-state index contributed by atoms with van der Waals surface area (Å²) >= 11 is 0. The van der Waals surface area contributed by atoms with E-state index in [1.165, 1.54) is 0 Å². The Labute approximate surface area is 166 Å². The summed E-state index contributed by atoms with van der Waals surface area (Å²) in [4.78, 5) is 25.1. The fraction of sp³-hybridized carbons (Fsp3) is 0.545. The molecule has 4 atom stereocenters. The minimum atomic E-state index is -0.545. The maximum atomic E-state index is 13.0. The summed E-state index contributed by atoms with van der Waals surface area (Å²) in [6, 6.07) is 6.55. The number of allylic oxidation sites excluding steroid dienone is 1. The van der Waals surface area contributed by atoms with Gasteiger partial charge in [0.2, 0.25) is 0 Å². The molecule has 0 spiro atoms. The van der Waals surface area contributed by atoms with Crippen molar-refractivity contribution in [2.24, 2.45) is 11.8 Å². The Bertz CT molecular complexity index is 756. The predicted molar refractivity (Wildman–Crippen MR) is 107 cm³/mol. The monoisotopic (exact) mass is 386 g/mol. The highest BCUT2D eigenvalue weighted by Crippen LogP contribution is 2.33. The molecular weight excluding hydrogens is 356 g/mol. The van der Waals surface area contributed by atoms with Crippen LogP contribution >= 0.6 is 0 Å². The summed E-state index contributed by atoms with van der Waals surface area (Å²) < 4.78 is 11.3. The first kappa shape index (κ1) is 20.2. The second kappa shape index (κ2) is 8.67. The molecule has 2 aliphatic rings. The number of hydrogen-bond donors (Lipinski definition) is 2. The summed E-state index contributed by atoms with van der Waals surface area (Å²) in [5.41, 5.74) is 1.80. The van der Waals surface area contributed by atoms with Gasteiger partial charge in [0.1, 0.15) is 11.9 Å². The largest absolute Gasteiger partial charge is 0.494 e. The summed E-state index contributed by atoms with van der Waals surface area (Å²) in [5, 5.41) is 5.55. The fourth-order valence-electron chi connectivity index (χ4n) is 3.96. The van der Waals surface area contributed by atoms with Crippen molar-refractivity contribution < 1.29 is 19.1 Å². The first-order valence-electron chi connectivity index (χ1n) is 10.1. The quantitative estimate of drug-likeness (QED) is 0.748. The molecule has 152 valence electrons. The number of esters is 1. The van der Waals surface area contributed by atoms with Gasteiger partial charge in [-0.3, -0.25) is 0 Å². The van der Waals surface area contributed by atoms with Gasteiger partial charge in [-0.25, -0.2) is 9.59 Å². The molecule has 1 fully saturated rings. The molecule has 0 aromatic heterocycles. The van der Waals surface area contributed by atoms with Crippen LogP contribution in [0.5, 0.6) is 5.75 Å². The van der Waals surface area contributed by atoms with Gasteiger partial charge in [-0.2, -0.15) is 0 Å². The second-order valence-electron chi connectivity index (χ2n) is 7.87. The van der Waals surface area contributed by atoms with E-state index in [4.69, 9.17) is 9.47 Å². The minimum absolute atomic E-state index is 0.0717. The second-order valence-corrected chi connectivity index (χ2v) is 7.87. The van der Waals surface area contributed by atoms with E-state index in [2.05, 4.69) is 24.5 Å². The number of nitrogens with one attached hydrogen (secondary N) is 2. The summed E-state index contributed by atoms with van der Waals surface area (Å²) in [6.45, 7) is 8.70. The maximum absolute atomic E-state index is 13.0. The van der Waals surface area contributed by atoms with E-state index in [9.17, 15) is 9.59 Å². The van der Waals surface area contributed by atoms with Crippen molar-refractivity contribution in [2.75, 3.05) is 6.61 Å². The van der Waals surface area contributed by atoms with Crippen molar-refractivity contribution in [1.82, 2.24) is 10.6 Å². The molecule has 1 heterocycles. The van der Waals surface area contributed by atoms with Crippen LogP contribution in [0.1, 0.15) is 58.6 Å². The lowest BCUT2D eigenvalue weighted by molar-refractivity contribution is -0.147. The van der Waals surface area contributed by atoms with Crippen molar-refractivity contribution >= 4 is 12.0 Å². The molecule has 6 heteroatoms. The minimum Gasteiger partial charge on any atom is -0.494 e. The SMILES string of the molecule is CCOc1ccc([C@@H]2NC(=O)NC(C)=C2C(=O)O[C@@H]2CC[C@H](C)[C@@H](C)C2)cc1. The predicted octanol–water partition coefficient (Wildman–Crippen LogP) is 4.08. The van der Waals surface area contributed by atoms with Gasteiger partial charge in [0, 0.05) is 5.70 Å². The highest BCUT2D eigenvalue weighted by atomic mass is 16.5. The van der Waals surface area contributed by atoms with Gasteiger partial charge >= 0.3 is 12.0 Å². The molecule has 0 saturated heterocycles. The number of carbonyl (C=O) groups excluding carboxylic acids is 2. The molecule has 6 nitrogen and oxygen atoms in total. The average Bonchev–Trinajstić information content (AvgIpc) is 2.65. The Kier molecular flexibility index (Phi) is 6.27. The highest BCUT2D eigenvalue weighted by Gasteiger charge is 2.34. The van der Waals surface area contributed by atoms with Gasteiger partial charge in [-0.05, 0) is 62.6 Å². The molecule has 3 rings (SSSR count). The smallest absolute Gasteiger partial charge is 0.338 e. The summed E-state index contributed by atoms with van der Waals surface area (Å²) in [5.74, 6) is 1.58. The number of urea groups is 1. The van der Waals surface area contributed by atoms with Crippen molar-refractivity contribution in [3.8, 4) is 5.75 Å². The first-order valence-corrected chi connectivity index (χ1v) is 10.1. The molecule has 0 unspecified atom stereocenters. The molecule has 28 heavy (non-hydrogen) atoms. The molecule has 1 saturated carbocycles. The van der Waals surface area contributed by atoms with Gasteiger partial charge in [0.05, 0.1) is 18.2 Å². The lowest BCUT2D eigenvalue weighted by atomic mass is 9.80. The molecular formula is C22H30N2O4. The zero-order valence-corrected chi connectivity index (χ0v) is 17.1. The van der Waals surface area contributed by atoms with E-state index in [0.717, 1.165) is 30.6 Å². The number of rotatable bonds is 5. The maximum Gasteiger partial charge on any atom is 0.338 e. The standard InChI is InChI=1S/C22H30N2O4/c1-5-27-17-10-7-16(8-11-17)20-19(15(4)23-22(26)24-20)21(25)28-18-9-6-13(2)14(3)12-18/h7-8,10-11,13-14,18,20H,5-6,9,12H2,1-4H3,(H2,23,24,26)/t13-,14-,18+,20-/m0/s1. The highest BCUT2D eigenvalue weighted by molar-refractivity contribution is 5.95. The Morgan fingerprint density at radius 3 is 2.50 bits per heavy atom. The average molecular weight is 386 g/mol. The van der Waals surface area contributed by atoms with Crippen molar-refractivity contribution in [3.63, 3.8) is 0 Å². The lowest BCUT2D eigenvalue weighted by Crippen LogP contribution is -2.45. The topological polar surface area (TPSA) is 76.7 Å². The van der Waals surface area contributed by atoms with Gasteiger partial charge in [-0.15, -0.1) is 0 Å². The fourth-order valence-corrected chi connectivity index (χ4v) is 3.96. The van der Waals surface area contributed by atoms with Gasteiger partial charge in [0.25, 0.3) is 0 Å². The van der Waals surface area contributed by atoms with Crippen molar-refractivity contribution in [2.45, 2.75) is 59.1 Å². The van der Waals surface area contributed by atoms with E-state index in [1.807, 2.05) is 31.2 Å². The molecule has 1 aromatic carbocycles. The van der Waals surface area contributed by atoms with E-state index in [-0.39, 0.29) is 18.1 Å². The number of ether oxygens (including phenoxy) is 2. The molecule has 1 aliphatic carbocycles. The van der Waals surface area contributed by atoms with Crippen molar-refractivity contribution in [3.05, 3.63) is 41.1 Å². The molecule has 2 amide bonds. The first-order chi connectivity index (χ1) is 13.4. The van der Waals surface area contributed by atoms with E-state index in [0.29, 0.717) is 29.7 Å². The van der Waals surface area contributed by atoms with E-state index < -0.39 is 6.04 Å². The van der Waals surface area contributed by atoms with Crippen LogP contribution in [0, 0.1) is 11.8 Å². The number of amides is 2. The lowest BCUT2D eigenvalue weighted by Gasteiger charge is -2.33. The Morgan fingerprint density at radius 1 is 1.14 bits per heavy atom. The third kappa shape index (κ3) is 4.49. The van der Waals surface area contributed by atoms with Crippen LogP contribution in [-0.4, -0.2) is 24.7 Å².